The number of nitrogens with one attached hydrogen (secondary N) is 2. The van der Waals surface area contributed by atoms with Crippen LogP contribution in [0.25, 0.3) is 0 Å². The third kappa shape index (κ3) is 4.38. The molecule has 19 heavy (non-hydrogen) atoms. The van der Waals surface area contributed by atoms with E-state index in [1.54, 1.807) is 13.8 Å². The quantitative estimate of drug-likeness (QED) is 0.653. The van der Waals surface area contributed by atoms with E-state index in [-0.39, 0.29) is 24.7 Å². The first-order valence-corrected chi connectivity index (χ1v) is 6.80. The van der Waals surface area contributed by atoms with Crippen molar-refractivity contribution in [2.45, 2.75) is 52.2 Å². The minimum atomic E-state index is -0.912. The summed E-state index contributed by atoms with van der Waals surface area (Å²) in [5.74, 6) is -0.893. The van der Waals surface area contributed by atoms with Crippen molar-refractivity contribution >= 4 is 12.0 Å². The molecule has 0 bridgehead atoms. The topological polar surface area (TPSA) is 87.7 Å². The lowest BCUT2D eigenvalue weighted by Gasteiger charge is -2.35. The standard InChI is InChI=1S/C13H24N2O4/c1-4-13(3,11(16)17)8-14-12(18)15-9-6-10(7-9)19-5-2/h9-10H,4-8H2,1-3H3,(H,16,17)(H2,14,15,18). The van der Waals surface area contributed by atoms with Gasteiger partial charge in [0.1, 0.15) is 0 Å². The van der Waals surface area contributed by atoms with Crippen LogP contribution in [0.15, 0.2) is 0 Å². The zero-order valence-corrected chi connectivity index (χ0v) is 11.9. The van der Waals surface area contributed by atoms with Gasteiger partial charge in [0.2, 0.25) is 0 Å². The third-order valence-electron chi connectivity index (χ3n) is 3.77. The Hall–Kier alpha value is -1.30. The molecule has 0 aromatic carbocycles. The predicted octanol–water partition coefficient (Wildman–Crippen LogP) is 1.35. The molecule has 6 heteroatoms. The van der Waals surface area contributed by atoms with Crippen LogP contribution in [0, 0.1) is 5.41 Å². The number of rotatable bonds is 7. The van der Waals surface area contributed by atoms with Gasteiger partial charge in [-0.2, -0.15) is 0 Å². The van der Waals surface area contributed by atoms with Crippen LogP contribution in [-0.4, -0.2) is 42.4 Å². The number of ether oxygens (including phenoxy) is 1. The Bertz CT molecular complexity index is 329. The lowest BCUT2D eigenvalue weighted by molar-refractivity contribution is -0.147. The minimum Gasteiger partial charge on any atom is -0.481 e. The molecule has 6 nitrogen and oxygen atoms in total. The maximum Gasteiger partial charge on any atom is 0.315 e. The molecule has 1 saturated carbocycles. The monoisotopic (exact) mass is 272 g/mol. The van der Waals surface area contributed by atoms with E-state index in [4.69, 9.17) is 9.84 Å². The van der Waals surface area contributed by atoms with Crippen molar-refractivity contribution in [1.29, 1.82) is 0 Å². The molecule has 1 unspecified atom stereocenters. The summed E-state index contributed by atoms with van der Waals surface area (Å²) in [6.07, 6.45) is 2.37. The second-order valence-electron chi connectivity index (χ2n) is 5.29. The summed E-state index contributed by atoms with van der Waals surface area (Å²) in [6, 6.07) is -0.171. The van der Waals surface area contributed by atoms with Gasteiger partial charge in [-0.25, -0.2) is 4.79 Å². The summed E-state index contributed by atoms with van der Waals surface area (Å²) < 4.78 is 5.40. The van der Waals surface area contributed by atoms with Gasteiger partial charge in [-0.1, -0.05) is 6.92 Å². The van der Waals surface area contributed by atoms with Gasteiger partial charge in [0.05, 0.1) is 11.5 Å². The van der Waals surface area contributed by atoms with E-state index in [0.717, 1.165) is 12.8 Å². The van der Waals surface area contributed by atoms with Crippen molar-refractivity contribution < 1.29 is 19.4 Å². The molecule has 0 radical (unpaired) electrons. The Morgan fingerprint density at radius 1 is 1.37 bits per heavy atom. The molecule has 3 N–H and O–H groups in total. The van der Waals surface area contributed by atoms with Crippen molar-refractivity contribution in [1.82, 2.24) is 10.6 Å². The van der Waals surface area contributed by atoms with Crippen LogP contribution in [0.3, 0.4) is 0 Å². The van der Waals surface area contributed by atoms with Gasteiger partial charge in [-0.05, 0) is 33.1 Å². The van der Waals surface area contributed by atoms with E-state index >= 15 is 0 Å². The van der Waals surface area contributed by atoms with Crippen molar-refractivity contribution in [2.24, 2.45) is 5.41 Å². The van der Waals surface area contributed by atoms with Crippen LogP contribution in [0.1, 0.15) is 40.0 Å². The van der Waals surface area contributed by atoms with Crippen molar-refractivity contribution in [3.8, 4) is 0 Å². The highest BCUT2D eigenvalue weighted by Crippen LogP contribution is 2.23. The lowest BCUT2D eigenvalue weighted by Crippen LogP contribution is -2.52. The zero-order valence-electron chi connectivity index (χ0n) is 11.9. The van der Waals surface area contributed by atoms with Gasteiger partial charge in [0.15, 0.2) is 0 Å². The first-order chi connectivity index (χ1) is 8.91. The highest BCUT2D eigenvalue weighted by Gasteiger charge is 2.33. The molecule has 0 aromatic rings. The summed E-state index contributed by atoms with van der Waals surface area (Å²) in [7, 11) is 0. The summed E-state index contributed by atoms with van der Waals surface area (Å²) in [5.41, 5.74) is -0.912. The largest absolute Gasteiger partial charge is 0.481 e. The number of hydrogen-bond donors (Lipinski definition) is 3. The normalized spacial score (nSPS) is 25.0. The highest BCUT2D eigenvalue weighted by atomic mass is 16.5. The molecule has 1 fully saturated rings. The smallest absolute Gasteiger partial charge is 0.315 e. The fourth-order valence-electron chi connectivity index (χ4n) is 1.92. The van der Waals surface area contributed by atoms with E-state index in [0.29, 0.717) is 13.0 Å². The zero-order chi connectivity index (χ0) is 14.5. The van der Waals surface area contributed by atoms with E-state index in [1.807, 2.05) is 6.92 Å². The van der Waals surface area contributed by atoms with Crippen LogP contribution in [-0.2, 0) is 9.53 Å². The number of carboxylic acid groups (broad SMARTS) is 1. The summed E-state index contributed by atoms with van der Waals surface area (Å²) in [6.45, 7) is 6.20. The Morgan fingerprint density at radius 3 is 2.47 bits per heavy atom. The average molecular weight is 272 g/mol. The Kier molecular flexibility index (Phi) is 5.60. The average Bonchev–Trinajstić information content (AvgIpc) is 2.33. The maximum atomic E-state index is 11.6. The molecule has 0 heterocycles. The molecule has 110 valence electrons. The van der Waals surface area contributed by atoms with E-state index in [1.165, 1.54) is 0 Å². The highest BCUT2D eigenvalue weighted by molar-refractivity contribution is 5.78. The number of urea groups is 1. The summed E-state index contributed by atoms with van der Waals surface area (Å²) >= 11 is 0. The van der Waals surface area contributed by atoms with Crippen molar-refractivity contribution in [2.75, 3.05) is 13.2 Å². The van der Waals surface area contributed by atoms with Crippen LogP contribution < -0.4 is 10.6 Å². The number of carboxylic acids is 1. The Balaban J connectivity index is 2.24. The van der Waals surface area contributed by atoms with E-state index in [2.05, 4.69) is 10.6 Å². The molecule has 0 saturated heterocycles. The van der Waals surface area contributed by atoms with Gasteiger partial charge in [-0.15, -0.1) is 0 Å². The van der Waals surface area contributed by atoms with Crippen LogP contribution in [0.5, 0.6) is 0 Å². The first-order valence-electron chi connectivity index (χ1n) is 6.80. The molecule has 0 aromatic heterocycles. The van der Waals surface area contributed by atoms with Gasteiger partial charge < -0.3 is 20.5 Å². The van der Waals surface area contributed by atoms with Gasteiger partial charge in [-0.3, -0.25) is 4.79 Å². The molecule has 1 aliphatic rings. The van der Waals surface area contributed by atoms with Crippen molar-refractivity contribution in [3.05, 3.63) is 0 Å². The molecule has 2 amide bonds. The Labute approximate surface area is 113 Å². The van der Waals surface area contributed by atoms with Crippen LogP contribution in [0.2, 0.25) is 0 Å². The van der Waals surface area contributed by atoms with Crippen LogP contribution in [0.4, 0.5) is 4.79 Å². The SMILES string of the molecule is CCOC1CC(NC(=O)NCC(C)(CC)C(=O)O)C1. The Morgan fingerprint density at radius 2 is 2.00 bits per heavy atom. The first kappa shape index (κ1) is 15.8. The van der Waals surface area contributed by atoms with Gasteiger partial charge >= 0.3 is 12.0 Å². The molecule has 0 spiro atoms. The number of aliphatic carboxylic acids is 1. The predicted molar refractivity (Wildman–Crippen MR) is 71.0 cm³/mol. The number of hydrogen-bond acceptors (Lipinski definition) is 3. The number of carbonyl (C=O) groups excluding carboxylic acids is 1. The van der Waals surface area contributed by atoms with Crippen molar-refractivity contribution in [3.63, 3.8) is 0 Å². The second-order valence-corrected chi connectivity index (χ2v) is 5.29. The summed E-state index contributed by atoms with van der Waals surface area (Å²) in [4.78, 5) is 22.7. The third-order valence-corrected chi connectivity index (χ3v) is 3.77. The van der Waals surface area contributed by atoms with Gasteiger partial charge in [0.25, 0.3) is 0 Å². The van der Waals surface area contributed by atoms with E-state index < -0.39 is 11.4 Å². The minimum absolute atomic E-state index is 0.131. The fraction of sp³-hybridized carbons (Fsp3) is 0.846. The van der Waals surface area contributed by atoms with Gasteiger partial charge in [0, 0.05) is 19.2 Å². The lowest BCUT2D eigenvalue weighted by atomic mass is 9.87. The molecule has 1 rings (SSSR count). The molecular formula is C13H24N2O4. The second kappa shape index (κ2) is 6.75. The fourth-order valence-corrected chi connectivity index (χ4v) is 1.92. The number of amides is 2. The molecular weight excluding hydrogens is 248 g/mol. The number of carbonyl (C=O) groups is 2. The van der Waals surface area contributed by atoms with E-state index in [9.17, 15) is 9.59 Å². The molecule has 1 aliphatic carbocycles. The molecule has 0 aliphatic heterocycles. The molecule has 1 atom stereocenters. The van der Waals surface area contributed by atoms with Crippen LogP contribution >= 0.6 is 0 Å². The summed E-state index contributed by atoms with van der Waals surface area (Å²) in [5, 5.41) is 14.5. The maximum absolute atomic E-state index is 11.6.